The number of primary amides is 1. The summed E-state index contributed by atoms with van der Waals surface area (Å²) in [6.07, 6.45) is -5.63. The van der Waals surface area contributed by atoms with Crippen LogP contribution in [0.2, 0.25) is 0 Å². The first-order chi connectivity index (χ1) is 14.1. The van der Waals surface area contributed by atoms with Gasteiger partial charge in [0.05, 0.1) is 11.3 Å². The molecule has 0 aliphatic heterocycles. The lowest BCUT2D eigenvalue weighted by Crippen LogP contribution is -2.35. The van der Waals surface area contributed by atoms with Crippen LogP contribution >= 0.6 is 0 Å². The molecule has 0 radical (unpaired) electrons. The quantitative estimate of drug-likeness (QED) is 0.623. The molecule has 2 aromatic carbocycles. The van der Waals surface area contributed by atoms with E-state index in [1.807, 2.05) is 0 Å². The highest BCUT2D eigenvalue weighted by Gasteiger charge is 2.31. The summed E-state index contributed by atoms with van der Waals surface area (Å²) in [7, 11) is 0. The van der Waals surface area contributed by atoms with E-state index in [9.17, 15) is 22.8 Å². The monoisotopic (exact) mass is 417 g/mol. The molecule has 3 rings (SSSR count). The number of halogens is 3. The Bertz CT molecular complexity index is 1060. The zero-order valence-electron chi connectivity index (χ0n) is 15.9. The molecule has 0 spiro atoms. The number of amides is 1. The molecule has 0 saturated carbocycles. The highest BCUT2D eigenvalue weighted by molar-refractivity contribution is 5.90. The van der Waals surface area contributed by atoms with E-state index in [0.29, 0.717) is 5.69 Å². The van der Waals surface area contributed by atoms with Crippen LogP contribution in [-0.2, 0) is 22.1 Å². The van der Waals surface area contributed by atoms with Crippen LogP contribution in [0.25, 0.3) is 5.69 Å². The Morgan fingerprint density at radius 3 is 2.43 bits per heavy atom. The fourth-order valence-electron chi connectivity index (χ4n) is 2.87. The number of carbonyl (C=O) groups excluding carboxylic acids is 2. The Hall–Kier alpha value is -3.62. The molecule has 0 bridgehead atoms. The fourth-order valence-corrected chi connectivity index (χ4v) is 2.87. The fraction of sp³-hybridized carbons (Fsp3) is 0.190. The number of esters is 1. The van der Waals surface area contributed by atoms with Gasteiger partial charge in [0.15, 0.2) is 11.8 Å². The number of hydrogen-bond acceptors (Lipinski definition) is 4. The van der Waals surface area contributed by atoms with Crippen LogP contribution in [0.3, 0.4) is 0 Å². The van der Waals surface area contributed by atoms with Crippen LogP contribution in [-0.4, -0.2) is 27.8 Å². The number of alkyl halides is 3. The van der Waals surface area contributed by atoms with Crippen LogP contribution in [0.4, 0.5) is 13.2 Å². The van der Waals surface area contributed by atoms with Gasteiger partial charge in [-0.2, -0.15) is 18.3 Å². The number of nitrogens with two attached hydrogens (primary N) is 1. The normalized spacial score (nSPS) is 12.4. The van der Waals surface area contributed by atoms with E-state index in [1.54, 1.807) is 37.3 Å². The lowest BCUT2D eigenvalue weighted by molar-refractivity contribution is -0.137. The number of carbonyl (C=O) groups is 2. The Morgan fingerprint density at radius 1 is 1.10 bits per heavy atom. The lowest BCUT2D eigenvalue weighted by atomic mass is 10.1. The molecule has 1 amide bonds. The number of nitrogens with zero attached hydrogens (tertiary/aromatic N) is 2. The third-order valence-corrected chi connectivity index (χ3v) is 4.35. The molecule has 0 fully saturated rings. The topological polar surface area (TPSA) is 87.2 Å². The molecule has 6 nitrogen and oxygen atoms in total. The molecule has 30 heavy (non-hydrogen) atoms. The first-order valence-corrected chi connectivity index (χ1v) is 8.93. The van der Waals surface area contributed by atoms with Crippen molar-refractivity contribution in [3.63, 3.8) is 0 Å². The first-order valence-electron chi connectivity index (χ1n) is 8.93. The number of hydrogen-bond donors (Lipinski definition) is 1. The third-order valence-electron chi connectivity index (χ3n) is 4.35. The minimum atomic E-state index is -4.51. The van der Waals surface area contributed by atoms with Crippen molar-refractivity contribution in [3.05, 3.63) is 83.2 Å². The summed E-state index contributed by atoms with van der Waals surface area (Å²) < 4.78 is 45.3. The maximum absolute atomic E-state index is 13.0. The van der Waals surface area contributed by atoms with Gasteiger partial charge in [0, 0.05) is 12.1 Å². The maximum atomic E-state index is 13.0. The molecule has 0 saturated heterocycles. The average Bonchev–Trinajstić information content (AvgIpc) is 3.09. The van der Waals surface area contributed by atoms with Gasteiger partial charge in [-0.3, -0.25) is 4.79 Å². The van der Waals surface area contributed by atoms with Crippen molar-refractivity contribution in [1.29, 1.82) is 0 Å². The van der Waals surface area contributed by atoms with Gasteiger partial charge < -0.3 is 10.5 Å². The lowest BCUT2D eigenvalue weighted by Gasteiger charge is -2.14. The van der Waals surface area contributed by atoms with Crippen LogP contribution in [0.1, 0.15) is 27.3 Å². The molecule has 0 aliphatic rings. The largest absolute Gasteiger partial charge is 0.447 e. The minimum Gasteiger partial charge on any atom is -0.447 e. The number of aromatic nitrogens is 2. The molecule has 1 unspecified atom stereocenters. The molecule has 1 aromatic heterocycles. The Balaban J connectivity index is 1.82. The molecular weight excluding hydrogens is 399 g/mol. The van der Waals surface area contributed by atoms with Gasteiger partial charge in [-0.25, -0.2) is 9.48 Å². The molecule has 156 valence electrons. The summed E-state index contributed by atoms with van der Waals surface area (Å²) >= 11 is 0. The van der Waals surface area contributed by atoms with Crippen molar-refractivity contribution >= 4 is 11.9 Å². The number of aryl methyl sites for hydroxylation is 1. The van der Waals surface area contributed by atoms with E-state index < -0.39 is 29.7 Å². The molecule has 1 heterocycles. The van der Waals surface area contributed by atoms with Crippen LogP contribution in [0.15, 0.2) is 60.7 Å². The van der Waals surface area contributed by atoms with E-state index in [4.69, 9.17) is 10.5 Å². The van der Waals surface area contributed by atoms with Gasteiger partial charge in [0.2, 0.25) is 0 Å². The van der Waals surface area contributed by atoms with E-state index in [1.165, 1.54) is 22.9 Å². The van der Waals surface area contributed by atoms with Crippen molar-refractivity contribution in [2.24, 2.45) is 5.73 Å². The number of benzene rings is 2. The van der Waals surface area contributed by atoms with Crippen molar-refractivity contribution < 1.29 is 27.5 Å². The molecular formula is C21H18F3N3O3. The van der Waals surface area contributed by atoms with Gasteiger partial charge in [-0.15, -0.1) is 0 Å². The van der Waals surface area contributed by atoms with Crippen molar-refractivity contribution in [2.75, 3.05) is 0 Å². The third kappa shape index (κ3) is 4.86. The zero-order chi connectivity index (χ0) is 21.9. The summed E-state index contributed by atoms with van der Waals surface area (Å²) in [4.78, 5) is 24.2. The zero-order valence-corrected chi connectivity index (χ0v) is 15.9. The number of rotatable bonds is 6. The smallest absolute Gasteiger partial charge is 0.416 e. The predicted molar refractivity (Wildman–Crippen MR) is 102 cm³/mol. The second-order valence-electron chi connectivity index (χ2n) is 6.62. The average molecular weight is 417 g/mol. The van der Waals surface area contributed by atoms with Crippen molar-refractivity contribution in [3.8, 4) is 5.69 Å². The molecule has 0 aliphatic carbocycles. The second kappa shape index (κ2) is 8.40. The van der Waals surface area contributed by atoms with E-state index >= 15 is 0 Å². The van der Waals surface area contributed by atoms with Gasteiger partial charge in [0.25, 0.3) is 5.91 Å². The predicted octanol–water partition coefficient (Wildman–Crippen LogP) is 3.45. The minimum absolute atomic E-state index is 0.0925. The van der Waals surface area contributed by atoms with E-state index in [-0.39, 0.29) is 17.8 Å². The highest BCUT2D eigenvalue weighted by Crippen LogP contribution is 2.30. The molecule has 1 atom stereocenters. The van der Waals surface area contributed by atoms with E-state index in [0.717, 1.165) is 17.7 Å². The molecule has 9 heteroatoms. The number of ether oxygens (including phenoxy) is 1. The van der Waals surface area contributed by atoms with Gasteiger partial charge in [0.1, 0.15) is 0 Å². The van der Waals surface area contributed by atoms with Crippen LogP contribution in [0.5, 0.6) is 0 Å². The van der Waals surface area contributed by atoms with Crippen LogP contribution in [0, 0.1) is 6.92 Å². The summed E-state index contributed by atoms with van der Waals surface area (Å²) in [5.74, 6) is -1.72. The molecule has 2 N–H and O–H groups in total. The summed E-state index contributed by atoms with van der Waals surface area (Å²) in [5.41, 5.74) is 5.66. The summed E-state index contributed by atoms with van der Waals surface area (Å²) in [6, 6.07) is 14.8. The SMILES string of the molecule is Cc1cc(C(=O)OC(Cc2ccccc2)C(N)=O)nn1-c1cccc(C(F)(F)F)c1. The first kappa shape index (κ1) is 21.1. The maximum Gasteiger partial charge on any atom is 0.416 e. The Morgan fingerprint density at radius 2 is 1.80 bits per heavy atom. The standard InChI is InChI=1S/C21H18F3N3O3/c1-13-10-17(26-27(13)16-9-5-8-15(12-16)21(22,23)24)20(29)30-18(19(25)28)11-14-6-3-2-4-7-14/h2-10,12,18H,11H2,1H3,(H2,25,28). The van der Waals surface area contributed by atoms with Gasteiger partial charge >= 0.3 is 12.1 Å². The summed E-state index contributed by atoms with van der Waals surface area (Å²) in [6.45, 7) is 1.58. The highest BCUT2D eigenvalue weighted by atomic mass is 19.4. The Kier molecular flexibility index (Phi) is 5.91. The molecule has 3 aromatic rings. The van der Waals surface area contributed by atoms with Crippen molar-refractivity contribution in [2.45, 2.75) is 25.6 Å². The second-order valence-corrected chi connectivity index (χ2v) is 6.62. The van der Waals surface area contributed by atoms with Gasteiger partial charge in [-0.05, 0) is 36.8 Å². The van der Waals surface area contributed by atoms with E-state index in [2.05, 4.69) is 5.10 Å². The Labute approximate surface area is 170 Å². The van der Waals surface area contributed by atoms with Gasteiger partial charge in [-0.1, -0.05) is 36.4 Å². The van der Waals surface area contributed by atoms with Crippen molar-refractivity contribution in [1.82, 2.24) is 9.78 Å². The summed E-state index contributed by atoms with van der Waals surface area (Å²) in [5, 5.41) is 4.05. The van der Waals surface area contributed by atoms with Crippen LogP contribution < -0.4 is 5.73 Å².